The molecule has 0 amide bonds. The molecule has 1 saturated heterocycles. The topological polar surface area (TPSA) is 24.1 Å². The molecule has 0 aromatic carbocycles. The van der Waals surface area contributed by atoms with Crippen LogP contribution in [0.25, 0.3) is 0 Å². The van der Waals surface area contributed by atoms with Gasteiger partial charge in [0.05, 0.1) is 0 Å². The van der Waals surface area contributed by atoms with Crippen molar-refractivity contribution in [3.63, 3.8) is 0 Å². The number of rotatable bonds is 5. The molecule has 70 valence electrons. The Kier molecular flexibility index (Phi) is 5.04. The molecule has 1 heterocycles. The van der Waals surface area contributed by atoms with Crippen molar-refractivity contribution >= 4 is 0 Å². The van der Waals surface area contributed by atoms with E-state index in [2.05, 4.69) is 17.2 Å². The molecule has 1 atom stereocenters. The molecule has 2 N–H and O–H groups in total. The van der Waals surface area contributed by atoms with E-state index in [1.54, 1.807) is 0 Å². The molecule has 2 nitrogen and oxygen atoms in total. The Balaban J connectivity index is 1.94. The van der Waals surface area contributed by atoms with E-state index < -0.39 is 0 Å². The van der Waals surface area contributed by atoms with E-state index in [0.29, 0.717) is 0 Å². The van der Waals surface area contributed by atoms with Crippen LogP contribution in [0.1, 0.15) is 25.7 Å². The standard InChI is InChI=1S/C10H20N2/c1-2-7-11-9-6-10-5-3-4-8-12-10/h2,10-12H,1,3-9H2. The summed E-state index contributed by atoms with van der Waals surface area (Å²) in [4.78, 5) is 0. The summed E-state index contributed by atoms with van der Waals surface area (Å²) in [5.74, 6) is 0. The summed E-state index contributed by atoms with van der Waals surface area (Å²) < 4.78 is 0. The molecule has 0 radical (unpaired) electrons. The first kappa shape index (κ1) is 9.75. The highest BCUT2D eigenvalue weighted by Gasteiger charge is 2.10. The molecule has 0 aromatic heterocycles. The lowest BCUT2D eigenvalue weighted by Crippen LogP contribution is -2.36. The summed E-state index contributed by atoms with van der Waals surface area (Å²) in [6, 6.07) is 0.760. The maximum Gasteiger partial charge on any atom is 0.0132 e. The highest BCUT2D eigenvalue weighted by Crippen LogP contribution is 2.08. The van der Waals surface area contributed by atoms with Gasteiger partial charge in [0.1, 0.15) is 0 Å². The van der Waals surface area contributed by atoms with E-state index in [4.69, 9.17) is 0 Å². The lowest BCUT2D eigenvalue weighted by atomic mass is 10.0. The van der Waals surface area contributed by atoms with Crippen LogP contribution in [0.3, 0.4) is 0 Å². The van der Waals surface area contributed by atoms with Crippen LogP contribution in [0.5, 0.6) is 0 Å². The van der Waals surface area contributed by atoms with Gasteiger partial charge in [-0.15, -0.1) is 6.58 Å². The molecule has 1 aliphatic rings. The zero-order valence-electron chi connectivity index (χ0n) is 7.81. The minimum absolute atomic E-state index is 0.760. The average Bonchev–Trinajstić information content (AvgIpc) is 2.14. The van der Waals surface area contributed by atoms with E-state index in [1.807, 2.05) is 6.08 Å². The number of hydrogen-bond acceptors (Lipinski definition) is 2. The molecule has 0 bridgehead atoms. The summed E-state index contributed by atoms with van der Waals surface area (Å²) in [5.41, 5.74) is 0. The molecule has 0 aliphatic carbocycles. The molecule has 12 heavy (non-hydrogen) atoms. The van der Waals surface area contributed by atoms with Crippen LogP contribution in [0.4, 0.5) is 0 Å². The van der Waals surface area contributed by atoms with Gasteiger partial charge in [-0.05, 0) is 32.4 Å². The third-order valence-corrected chi connectivity index (χ3v) is 2.37. The quantitative estimate of drug-likeness (QED) is 0.477. The lowest BCUT2D eigenvalue weighted by molar-refractivity contribution is 0.378. The maximum absolute atomic E-state index is 3.67. The van der Waals surface area contributed by atoms with Crippen LogP contribution >= 0.6 is 0 Å². The molecule has 1 unspecified atom stereocenters. The second-order valence-corrected chi connectivity index (χ2v) is 3.43. The Morgan fingerprint density at radius 1 is 1.50 bits per heavy atom. The Morgan fingerprint density at radius 2 is 2.42 bits per heavy atom. The van der Waals surface area contributed by atoms with E-state index in [0.717, 1.165) is 19.1 Å². The molecule has 1 rings (SSSR count). The van der Waals surface area contributed by atoms with Gasteiger partial charge in [0, 0.05) is 12.6 Å². The van der Waals surface area contributed by atoms with Gasteiger partial charge in [0.2, 0.25) is 0 Å². The summed E-state index contributed by atoms with van der Waals surface area (Å²) in [5, 5.41) is 6.85. The van der Waals surface area contributed by atoms with Gasteiger partial charge in [-0.3, -0.25) is 0 Å². The van der Waals surface area contributed by atoms with Gasteiger partial charge >= 0.3 is 0 Å². The van der Waals surface area contributed by atoms with Crippen molar-refractivity contribution < 1.29 is 0 Å². The van der Waals surface area contributed by atoms with Crippen LogP contribution in [0.2, 0.25) is 0 Å². The predicted molar refractivity (Wildman–Crippen MR) is 53.3 cm³/mol. The highest BCUT2D eigenvalue weighted by molar-refractivity contribution is 4.74. The van der Waals surface area contributed by atoms with Crippen molar-refractivity contribution in [1.82, 2.24) is 10.6 Å². The van der Waals surface area contributed by atoms with E-state index >= 15 is 0 Å². The molecule has 0 saturated carbocycles. The summed E-state index contributed by atoms with van der Waals surface area (Å²) in [6.45, 7) is 6.93. The summed E-state index contributed by atoms with van der Waals surface area (Å²) in [6.07, 6.45) is 7.29. The molecule has 1 aliphatic heterocycles. The van der Waals surface area contributed by atoms with Gasteiger partial charge in [0.25, 0.3) is 0 Å². The van der Waals surface area contributed by atoms with Crippen LogP contribution in [-0.4, -0.2) is 25.7 Å². The monoisotopic (exact) mass is 168 g/mol. The number of piperidine rings is 1. The fourth-order valence-electron chi connectivity index (χ4n) is 1.65. The first-order valence-corrected chi connectivity index (χ1v) is 4.98. The fraction of sp³-hybridized carbons (Fsp3) is 0.800. The predicted octanol–water partition coefficient (Wildman–Crippen LogP) is 1.29. The molecule has 2 heteroatoms. The minimum Gasteiger partial charge on any atom is -0.314 e. The molecule has 0 aromatic rings. The van der Waals surface area contributed by atoms with Gasteiger partial charge in [-0.25, -0.2) is 0 Å². The van der Waals surface area contributed by atoms with Crippen molar-refractivity contribution in [1.29, 1.82) is 0 Å². The van der Waals surface area contributed by atoms with Crippen molar-refractivity contribution in [3.8, 4) is 0 Å². The first-order chi connectivity index (χ1) is 5.93. The van der Waals surface area contributed by atoms with Crippen molar-refractivity contribution in [2.45, 2.75) is 31.7 Å². The zero-order valence-corrected chi connectivity index (χ0v) is 7.81. The zero-order chi connectivity index (χ0) is 8.65. The molecular weight excluding hydrogens is 148 g/mol. The normalized spacial score (nSPS) is 23.8. The lowest BCUT2D eigenvalue weighted by Gasteiger charge is -2.23. The Hall–Kier alpha value is -0.340. The van der Waals surface area contributed by atoms with Crippen molar-refractivity contribution in [3.05, 3.63) is 12.7 Å². The third-order valence-electron chi connectivity index (χ3n) is 2.37. The van der Waals surface area contributed by atoms with Gasteiger partial charge < -0.3 is 10.6 Å². The molecule has 1 fully saturated rings. The SMILES string of the molecule is C=CCNCCC1CCCCN1. The first-order valence-electron chi connectivity index (χ1n) is 4.98. The Bertz CT molecular complexity index is 117. The van der Waals surface area contributed by atoms with Gasteiger partial charge in [0.15, 0.2) is 0 Å². The maximum atomic E-state index is 3.67. The largest absolute Gasteiger partial charge is 0.314 e. The third kappa shape index (κ3) is 3.88. The van der Waals surface area contributed by atoms with E-state index in [9.17, 15) is 0 Å². The van der Waals surface area contributed by atoms with Crippen LogP contribution in [0, 0.1) is 0 Å². The van der Waals surface area contributed by atoms with E-state index in [-0.39, 0.29) is 0 Å². The average molecular weight is 168 g/mol. The van der Waals surface area contributed by atoms with E-state index in [1.165, 1.54) is 32.2 Å². The second-order valence-electron chi connectivity index (χ2n) is 3.43. The summed E-state index contributed by atoms with van der Waals surface area (Å²) in [7, 11) is 0. The Labute approximate surface area is 75.4 Å². The Morgan fingerprint density at radius 3 is 3.08 bits per heavy atom. The summed E-state index contributed by atoms with van der Waals surface area (Å²) >= 11 is 0. The minimum atomic E-state index is 0.760. The fourth-order valence-corrected chi connectivity index (χ4v) is 1.65. The molecular formula is C10H20N2. The number of hydrogen-bond donors (Lipinski definition) is 2. The van der Waals surface area contributed by atoms with Crippen LogP contribution in [-0.2, 0) is 0 Å². The van der Waals surface area contributed by atoms with Crippen LogP contribution in [0.15, 0.2) is 12.7 Å². The van der Waals surface area contributed by atoms with Crippen molar-refractivity contribution in [2.24, 2.45) is 0 Å². The highest BCUT2D eigenvalue weighted by atomic mass is 14.9. The second kappa shape index (κ2) is 6.21. The van der Waals surface area contributed by atoms with Gasteiger partial charge in [-0.2, -0.15) is 0 Å². The van der Waals surface area contributed by atoms with Gasteiger partial charge in [-0.1, -0.05) is 12.5 Å². The number of nitrogens with one attached hydrogen (secondary N) is 2. The molecule has 0 spiro atoms. The van der Waals surface area contributed by atoms with Crippen LogP contribution < -0.4 is 10.6 Å². The smallest absolute Gasteiger partial charge is 0.0132 e. The van der Waals surface area contributed by atoms with Crippen molar-refractivity contribution in [2.75, 3.05) is 19.6 Å².